The molecule has 13 heteroatoms. The van der Waals surface area contributed by atoms with Gasteiger partial charge in [-0.1, -0.05) is 18.2 Å². The second-order valence-electron chi connectivity index (χ2n) is 14.2. The predicted octanol–water partition coefficient (Wildman–Crippen LogP) is 4.71. The van der Waals surface area contributed by atoms with Crippen molar-refractivity contribution in [1.29, 1.82) is 0 Å². The third kappa shape index (κ3) is 7.03. The molecule has 2 aromatic carbocycles. The Kier molecular flexibility index (Phi) is 9.36. The van der Waals surface area contributed by atoms with Crippen molar-refractivity contribution in [3.63, 3.8) is 0 Å². The molecule has 3 aromatic rings. The van der Waals surface area contributed by atoms with Gasteiger partial charge in [0.05, 0.1) is 11.2 Å². The number of benzene rings is 2. The van der Waals surface area contributed by atoms with E-state index in [0.29, 0.717) is 74.1 Å². The zero-order valence-electron chi connectivity index (χ0n) is 28.2. The maximum absolute atomic E-state index is 14.2. The van der Waals surface area contributed by atoms with E-state index in [-0.39, 0.29) is 30.1 Å². The number of carbonyl (C=O) groups is 3. The zero-order valence-corrected chi connectivity index (χ0v) is 28.2. The molecule has 0 aliphatic carbocycles. The maximum Gasteiger partial charge on any atom is 0.417 e. The molecule has 4 amide bonds. The molecule has 2 N–H and O–H groups in total. The number of halogens is 1. The molecule has 5 heterocycles. The summed E-state index contributed by atoms with van der Waals surface area (Å²) in [6.45, 7) is 6.35. The van der Waals surface area contributed by atoms with Gasteiger partial charge in [0.25, 0.3) is 5.91 Å². The Hall–Kier alpha value is -4.39. The van der Waals surface area contributed by atoms with E-state index >= 15 is 0 Å². The van der Waals surface area contributed by atoms with Crippen LogP contribution in [0.3, 0.4) is 0 Å². The summed E-state index contributed by atoms with van der Waals surface area (Å²) >= 11 is 0. The van der Waals surface area contributed by atoms with Crippen molar-refractivity contribution in [3.8, 4) is 0 Å². The number of H-pyrrole nitrogens is 1. The summed E-state index contributed by atoms with van der Waals surface area (Å²) in [5.41, 5.74) is 3.45. The van der Waals surface area contributed by atoms with Crippen molar-refractivity contribution >= 4 is 34.8 Å². The number of aromatic amines is 1. The molecule has 1 aromatic heterocycles. The van der Waals surface area contributed by atoms with Gasteiger partial charge >= 0.3 is 17.9 Å². The summed E-state index contributed by atoms with van der Waals surface area (Å²) in [6, 6.07) is 7.88. The van der Waals surface area contributed by atoms with Gasteiger partial charge in [-0.15, -0.1) is 0 Å². The average molecular weight is 677 g/mol. The van der Waals surface area contributed by atoms with Gasteiger partial charge < -0.3 is 34.1 Å². The molecule has 3 fully saturated rings. The van der Waals surface area contributed by atoms with Crippen LogP contribution in [0.5, 0.6) is 0 Å². The smallest absolute Gasteiger partial charge is 0.417 e. The Morgan fingerprint density at radius 2 is 1.63 bits per heavy atom. The zero-order chi connectivity index (χ0) is 34.2. The summed E-state index contributed by atoms with van der Waals surface area (Å²) in [4.78, 5) is 62.7. The molecule has 49 heavy (non-hydrogen) atoms. The fraction of sp³-hybridized carbons (Fsp3) is 0.556. The van der Waals surface area contributed by atoms with Crippen LogP contribution in [0.1, 0.15) is 55.2 Å². The number of urea groups is 1. The summed E-state index contributed by atoms with van der Waals surface area (Å²) in [5.74, 6) is 0.0538. The Labute approximate surface area is 284 Å². The second kappa shape index (κ2) is 13.9. The van der Waals surface area contributed by atoms with Crippen LogP contribution in [-0.2, 0) is 22.5 Å². The van der Waals surface area contributed by atoms with E-state index in [9.17, 15) is 23.6 Å². The SMILES string of the molecule is Cc1cc(CC(OC(=O)N2CCC(N3Cc4cccc(F)c4NC3=O)CC2)C(=O)N2CCC(C3CCN(C)CC3)CC2)cc2oc(=O)[nH]c12. The average Bonchev–Trinajstić information content (AvgIpc) is 3.49. The van der Waals surface area contributed by atoms with Gasteiger partial charge in [-0.3, -0.25) is 9.78 Å². The van der Waals surface area contributed by atoms with Gasteiger partial charge in [0.15, 0.2) is 11.7 Å². The number of oxazole rings is 1. The van der Waals surface area contributed by atoms with Crippen molar-refractivity contribution in [2.24, 2.45) is 11.8 Å². The molecule has 1 unspecified atom stereocenters. The summed E-state index contributed by atoms with van der Waals surface area (Å²) in [5, 5.41) is 2.68. The molecule has 0 radical (unpaired) electrons. The van der Waals surface area contributed by atoms with Crippen molar-refractivity contribution in [2.45, 2.75) is 70.6 Å². The molecule has 3 saturated heterocycles. The number of likely N-dealkylation sites (tertiary alicyclic amines) is 3. The molecule has 0 saturated carbocycles. The lowest BCUT2D eigenvalue weighted by atomic mass is 9.79. The van der Waals surface area contributed by atoms with E-state index < -0.39 is 23.8 Å². The third-order valence-corrected chi connectivity index (χ3v) is 11.1. The lowest BCUT2D eigenvalue weighted by Crippen LogP contribution is -2.52. The van der Waals surface area contributed by atoms with Crippen LogP contribution in [0.15, 0.2) is 39.5 Å². The van der Waals surface area contributed by atoms with Crippen LogP contribution in [0.2, 0.25) is 0 Å². The Morgan fingerprint density at radius 3 is 2.35 bits per heavy atom. The second-order valence-corrected chi connectivity index (χ2v) is 14.2. The van der Waals surface area contributed by atoms with Crippen molar-refractivity contribution in [2.75, 3.05) is 51.6 Å². The predicted molar refractivity (Wildman–Crippen MR) is 181 cm³/mol. The first-order valence-electron chi connectivity index (χ1n) is 17.5. The number of fused-ring (bicyclic) bond motifs is 2. The van der Waals surface area contributed by atoms with Crippen LogP contribution in [0.25, 0.3) is 11.1 Å². The molecule has 4 aliphatic rings. The molecular formula is C36H45FN6O6. The Balaban J connectivity index is 1.02. The number of ether oxygens (including phenoxy) is 1. The van der Waals surface area contributed by atoms with Gasteiger partial charge in [-0.25, -0.2) is 18.8 Å². The number of piperidine rings is 3. The first-order chi connectivity index (χ1) is 23.6. The highest BCUT2D eigenvalue weighted by Crippen LogP contribution is 2.33. The largest absolute Gasteiger partial charge is 0.436 e. The first kappa shape index (κ1) is 33.1. The van der Waals surface area contributed by atoms with Crippen LogP contribution < -0.4 is 11.1 Å². The third-order valence-electron chi connectivity index (χ3n) is 11.1. The first-order valence-corrected chi connectivity index (χ1v) is 17.5. The number of nitrogens with one attached hydrogen (secondary N) is 2. The Morgan fingerprint density at radius 1 is 0.959 bits per heavy atom. The number of aryl methyl sites for hydroxylation is 1. The fourth-order valence-electron chi connectivity index (χ4n) is 8.23. The number of nitrogens with zero attached hydrogens (tertiary/aromatic N) is 4. The van der Waals surface area contributed by atoms with Crippen molar-refractivity contribution < 1.29 is 27.9 Å². The summed E-state index contributed by atoms with van der Waals surface area (Å²) < 4.78 is 25.6. The number of hydrogen-bond acceptors (Lipinski definition) is 7. The van der Waals surface area contributed by atoms with E-state index in [1.807, 2.05) is 17.9 Å². The molecular weight excluding hydrogens is 631 g/mol. The molecule has 1 atom stereocenters. The number of aromatic nitrogens is 1. The van der Waals surface area contributed by atoms with Crippen molar-refractivity contribution in [1.82, 2.24) is 24.6 Å². The van der Waals surface area contributed by atoms with E-state index in [4.69, 9.17) is 9.15 Å². The normalized spacial score (nSPS) is 20.7. The van der Waals surface area contributed by atoms with Crippen LogP contribution >= 0.6 is 0 Å². The maximum atomic E-state index is 14.2. The van der Waals surface area contributed by atoms with E-state index in [2.05, 4.69) is 22.2 Å². The molecule has 0 spiro atoms. The number of carbonyl (C=O) groups excluding carboxylic acids is 3. The van der Waals surface area contributed by atoms with Crippen LogP contribution in [0, 0.1) is 24.6 Å². The monoisotopic (exact) mass is 676 g/mol. The number of para-hydroxylation sites is 1. The van der Waals surface area contributed by atoms with Crippen LogP contribution in [0.4, 0.5) is 19.7 Å². The minimum atomic E-state index is -1.05. The highest BCUT2D eigenvalue weighted by Gasteiger charge is 2.37. The minimum absolute atomic E-state index is 0.130. The van der Waals surface area contributed by atoms with E-state index in [1.54, 1.807) is 28.0 Å². The van der Waals surface area contributed by atoms with Crippen LogP contribution in [-0.4, -0.2) is 101 Å². The molecule has 4 aliphatic heterocycles. The Bertz CT molecular complexity index is 1770. The van der Waals surface area contributed by atoms with Gasteiger partial charge in [0, 0.05) is 45.2 Å². The van der Waals surface area contributed by atoms with Gasteiger partial charge in [0.1, 0.15) is 5.82 Å². The molecule has 7 rings (SSSR count). The summed E-state index contributed by atoms with van der Waals surface area (Å²) in [7, 11) is 2.17. The van der Waals surface area contributed by atoms with E-state index in [1.165, 1.54) is 18.9 Å². The molecule has 262 valence electrons. The van der Waals surface area contributed by atoms with Crippen molar-refractivity contribution in [3.05, 3.63) is 63.4 Å². The summed E-state index contributed by atoms with van der Waals surface area (Å²) in [6.07, 6.45) is 3.84. The molecule has 0 bridgehead atoms. The number of hydrogen-bond donors (Lipinski definition) is 2. The highest BCUT2D eigenvalue weighted by molar-refractivity contribution is 5.92. The van der Waals surface area contributed by atoms with Gasteiger partial charge in [0.2, 0.25) is 0 Å². The quantitative estimate of drug-likeness (QED) is 0.387. The van der Waals surface area contributed by atoms with Gasteiger partial charge in [-0.05, 0) is 106 Å². The standard InChI is InChI=1S/C36H45FN6O6/c1-22-18-23(19-29-31(22)39-35(46)48-29)20-30(33(44)41-14-8-25(9-15-41)24-6-12-40(2)13-7-24)49-36(47)42-16-10-27(11-17-42)43-21-26-4-3-5-28(37)32(26)38-34(43)45/h3-5,18-19,24-25,27,30H,6-17,20-21H2,1-2H3,(H,38,45)(H,39,46). The minimum Gasteiger partial charge on any atom is -0.436 e. The molecule has 12 nitrogen and oxygen atoms in total. The highest BCUT2D eigenvalue weighted by atomic mass is 19.1. The number of anilines is 1. The lowest BCUT2D eigenvalue weighted by molar-refractivity contribution is -0.142. The number of rotatable bonds is 6. The topological polar surface area (TPSA) is 131 Å². The fourth-order valence-corrected chi connectivity index (χ4v) is 8.23. The van der Waals surface area contributed by atoms with E-state index in [0.717, 1.165) is 37.1 Å². The number of amides is 4. The lowest BCUT2D eigenvalue weighted by Gasteiger charge is -2.41. The van der Waals surface area contributed by atoms with Gasteiger partial charge in [-0.2, -0.15) is 0 Å².